The maximum atomic E-state index is 12.9. The van der Waals surface area contributed by atoms with Gasteiger partial charge in [-0.25, -0.2) is 9.97 Å². The number of carboxylic acids is 1. The molecule has 0 saturated heterocycles. The monoisotopic (exact) mass is 487 g/mol. The molecule has 0 radical (unpaired) electrons. The van der Waals surface area contributed by atoms with Gasteiger partial charge in [0.2, 0.25) is 0 Å². The van der Waals surface area contributed by atoms with E-state index < -0.39 is 5.97 Å². The van der Waals surface area contributed by atoms with E-state index in [4.69, 9.17) is 26.7 Å². The van der Waals surface area contributed by atoms with E-state index >= 15 is 0 Å². The van der Waals surface area contributed by atoms with Crippen molar-refractivity contribution in [3.05, 3.63) is 94.6 Å². The SMILES string of the molecule is C[C@@H](NC(=O)c1ccc2nc(-c3ccccc3)c(CCCCC(=O)O)nc2c1)c1ccc(Cl)cc1. The summed E-state index contributed by atoms with van der Waals surface area (Å²) in [5, 5.41) is 12.6. The summed E-state index contributed by atoms with van der Waals surface area (Å²) in [4.78, 5) is 33.5. The largest absolute Gasteiger partial charge is 0.481 e. The first kappa shape index (κ1) is 24.4. The Morgan fingerprint density at radius 3 is 2.40 bits per heavy atom. The first-order chi connectivity index (χ1) is 16.9. The number of rotatable bonds is 9. The molecule has 0 saturated carbocycles. The Morgan fingerprint density at radius 2 is 1.69 bits per heavy atom. The van der Waals surface area contributed by atoms with Crippen LogP contribution in [0.1, 0.15) is 53.8 Å². The van der Waals surface area contributed by atoms with Crippen LogP contribution >= 0.6 is 11.6 Å². The molecule has 4 aromatic rings. The van der Waals surface area contributed by atoms with E-state index in [0.717, 1.165) is 22.5 Å². The zero-order chi connectivity index (χ0) is 24.8. The van der Waals surface area contributed by atoms with Gasteiger partial charge in [-0.05, 0) is 62.1 Å². The number of carboxylic acid groups (broad SMARTS) is 1. The number of hydrogen-bond donors (Lipinski definition) is 2. The maximum Gasteiger partial charge on any atom is 0.303 e. The molecule has 1 aromatic heterocycles. The van der Waals surface area contributed by atoms with Gasteiger partial charge >= 0.3 is 5.97 Å². The Hall–Kier alpha value is -3.77. The molecule has 0 aliphatic rings. The lowest BCUT2D eigenvalue weighted by atomic mass is 10.0. The van der Waals surface area contributed by atoms with Gasteiger partial charge in [0.05, 0.1) is 28.5 Å². The van der Waals surface area contributed by atoms with Gasteiger partial charge < -0.3 is 10.4 Å². The molecule has 0 aliphatic carbocycles. The second kappa shape index (κ2) is 11.1. The number of carbonyl (C=O) groups is 2. The number of halogens is 1. The lowest BCUT2D eigenvalue weighted by Gasteiger charge is -2.15. The number of carbonyl (C=O) groups excluding carboxylic acids is 1. The summed E-state index contributed by atoms with van der Waals surface area (Å²) in [6, 6.07) is 22.3. The fourth-order valence-electron chi connectivity index (χ4n) is 3.92. The van der Waals surface area contributed by atoms with E-state index in [1.165, 1.54) is 0 Å². The number of amides is 1. The van der Waals surface area contributed by atoms with Crippen LogP contribution in [0.2, 0.25) is 5.02 Å². The molecule has 6 nitrogen and oxygen atoms in total. The van der Waals surface area contributed by atoms with Gasteiger partial charge in [-0.3, -0.25) is 9.59 Å². The molecule has 0 spiro atoms. The predicted octanol–water partition coefficient (Wildman–Crippen LogP) is 6.24. The minimum Gasteiger partial charge on any atom is -0.481 e. The van der Waals surface area contributed by atoms with Crippen molar-refractivity contribution in [2.45, 2.75) is 38.6 Å². The number of aryl methyl sites for hydroxylation is 1. The molecule has 1 atom stereocenters. The summed E-state index contributed by atoms with van der Waals surface area (Å²) in [7, 11) is 0. The van der Waals surface area contributed by atoms with E-state index in [1.807, 2.05) is 55.5 Å². The summed E-state index contributed by atoms with van der Waals surface area (Å²) in [6.45, 7) is 1.92. The van der Waals surface area contributed by atoms with Gasteiger partial charge in [0.15, 0.2) is 0 Å². The molecule has 178 valence electrons. The van der Waals surface area contributed by atoms with Crippen LogP contribution < -0.4 is 5.32 Å². The highest BCUT2D eigenvalue weighted by atomic mass is 35.5. The van der Waals surface area contributed by atoms with Crippen LogP contribution in [0, 0.1) is 0 Å². The number of aromatic nitrogens is 2. The van der Waals surface area contributed by atoms with E-state index in [1.54, 1.807) is 24.3 Å². The van der Waals surface area contributed by atoms with Crippen molar-refractivity contribution in [1.82, 2.24) is 15.3 Å². The molecule has 3 aromatic carbocycles. The van der Waals surface area contributed by atoms with Gasteiger partial charge in [0.1, 0.15) is 0 Å². The minimum atomic E-state index is -0.804. The topological polar surface area (TPSA) is 92.2 Å². The molecule has 2 N–H and O–H groups in total. The number of aliphatic carboxylic acids is 1. The van der Waals surface area contributed by atoms with Crippen molar-refractivity contribution in [2.75, 3.05) is 0 Å². The van der Waals surface area contributed by atoms with Gasteiger partial charge in [0.25, 0.3) is 5.91 Å². The first-order valence-electron chi connectivity index (χ1n) is 11.5. The third-order valence-corrected chi connectivity index (χ3v) is 6.07. The summed E-state index contributed by atoms with van der Waals surface area (Å²) < 4.78 is 0. The Morgan fingerprint density at radius 1 is 0.943 bits per heavy atom. The molecule has 0 bridgehead atoms. The number of nitrogens with one attached hydrogen (secondary N) is 1. The van der Waals surface area contributed by atoms with Crippen LogP contribution in [0.5, 0.6) is 0 Å². The molecule has 1 amide bonds. The molecular formula is C28H26ClN3O3. The third kappa shape index (κ3) is 6.22. The normalized spacial score (nSPS) is 11.8. The number of fused-ring (bicyclic) bond motifs is 1. The second-order valence-corrected chi connectivity index (χ2v) is 8.87. The van der Waals surface area contributed by atoms with Crippen molar-refractivity contribution < 1.29 is 14.7 Å². The van der Waals surface area contributed by atoms with Crippen LogP contribution in [0.3, 0.4) is 0 Å². The Kier molecular flexibility index (Phi) is 7.73. The smallest absolute Gasteiger partial charge is 0.303 e. The fraction of sp³-hybridized carbons (Fsp3) is 0.214. The second-order valence-electron chi connectivity index (χ2n) is 8.44. The highest BCUT2D eigenvalue weighted by Gasteiger charge is 2.15. The summed E-state index contributed by atoms with van der Waals surface area (Å²) in [5.41, 5.74) is 5.30. The average molecular weight is 488 g/mol. The van der Waals surface area contributed by atoms with Crippen molar-refractivity contribution in [3.63, 3.8) is 0 Å². The maximum absolute atomic E-state index is 12.9. The van der Waals surface area contributed by atoms with E-state index in [-0.39, 0.29) is 18.4 Å². The molecule has 0 unspecified atom stereocenters. The molecule has 0 fully saturated rings. The zero-order valence-corrected chi connectivity index (χ0v) is 20.1. The van der Waals surface area contributed by atoms with Crippen LogP contribution in [-0.4, -0.2) is 27.0 Å². The Bertz CT molecular complexity index is 1340. The molecular weight excluding hydrogens is 462 g/mol. The van der Waals surface area contributed by atoms with Crippen LogP contribution in [0.15, 0.2) is 72.8 Å². The number of nitrogens with zero attached hydrogens (tertiary/aromatic N) is 2. The third-order valence-electron chi connectivity index (χ3n) is 5.82. The summed E-state index contributed by atoms with van der Waals surface area (Å²) in [5.74, 6) is -1.01. The Labute approximate surface area is 209 Å². The fourth-order valence-corrected chi connectivity index (χ4v) is 4.04. The van der Waals surface area contributed by atoms with Crippen LogP contribution in [0.25, 0.3) is 22.3 Å². The van der Waals surface area contributed by atoms with Crippen LogP contribution in [0.4, 0.5) is 0 Å². The van der Waals surface area contributed by atoms with E-state index in [9.17, 15) is 9.59 Å². The number of hydrogen-bond acceptors (Lipinski definition) is 4. The van der Waals surface area contributed by atoms with Gasteiger partial charge in [-0.1, -0.05) is 54.1 Å². The van der Waals surface area contributed by atoms with Crippen molar-refractivity contribution >= 4 is 34.5 Å². The Balaban J connectivity index is 1.61. The molecule has 0 aliphatic heterocycles. The molecule has 35 heavy (non-hydrogen) atoms. The standard InChI is InChI=1S/C28H26ClN3O3/c1-18(19-11-14-22(29)15-12-19)30-28(35)21-13-16-23-25(17-21)31-24(9-5-6-10-26(33)34)27(32-23)20-7-3-2-4-8-20/h2-4,7-8,11-18H,5-6,9-10H2,1H3,(H,30,35)(H,33,34)/t18-/m1/s1. The predicted molar refractivity (Wildman–Crippen MR) is 137 cm³/mol. The molecule has 1 heterocycles. The lowest BCUT2D eigenvalue weighted by molar-refractivity contribution is -0.137. The summed E-state index contributed by atoms with van der Waals surface area (Å²) in [6.07, 6.45) is 1.97. The summed E-state index contributed by atoms with van der Waals surface area (Å²) >= 11 is 5.96. The molecule has 7 heteroatoms. The quantitative estimate of drug-likeness (QED) is 0.273. The van der Waals surface area contributed by atoms with Gasteiger partial charge in [0, 0.05) is 22.6 Å². The van der Waals surface area contributed by atoms with Gasteiger partial charge in [-0.2, -0.15) is 0 Å². The van der Waals surface area contributed by atoms with Crippen molar-refractivity contribution in [3.8, 4) is 11.3 Å². The van der Waals surface area contributed by atoms with E-state index in [2.05, 4.69) is 5.32 Å². The number of unbranched alkanes of at least 4 members (excludes halogenated alkanes) is 1. The van der Waals surface area contributed by atoms with E-state index in [0.29, 0.717) is 40.9 Å². The van der Waals surface area contributed by atoms with Crippen LogP contribution in [-0.2, 0) is 11.2 Å². The van der Waals surface area contributed by atoms with Crippen molar-refractivity contribution in [2.24, 2.45) is 0 Å². The molecule has 4 rings (SSSR count). The first-order valence-corrected chi connectivity index (χ1v) is 11.9. The minimum absolute atomic E-state index is 0.123. The lowest BCUT2D eigenvalue weighted by Crippen LogP contribution is -2.26. The highest BCUT2D eigenvalue weighted by Crippen LogP contribution is 2.25. The highest BCUT2D eigenvalue weighted by molar-refractivity contribution is 6.30. The zero-order valence-electron chi connectivity index (χ0n) is 19.4. The average Bonchev–Trinajstić information content (AvgIpc) is 2.86. The van der Waals surface area contributed by atoms with Crippen molar-refractivity contribution in [1.29, 1.82) is 0 Å². The van der Waals surface area contributed by atoms with Gasteiger partial charge in [-0.15, -0.1) is 0 Å². The number of benzene rings is 3.